The number of nitrogens with zero attached hydrogens (tertiary/aromatic N) is 1. The zero-order valence-electron chi connectivity index (χ0n) is 8.55. The average molecular weight is 210 g/mol. The van der Waals surface area contributed by atoms with Gasteiger partial charge in [0.25, 0.3) is 0 Å². The first-order valence-electron chi connectivity index (χ1n) is 5.09. The van der Waals surface area contributed by atoms with E-state index in [0.29, 0.717) is 5.56 Å². The summed E-state index contributed by atoms with van der Waals surface area (Å²) in [6, 6.07) is 11.7. The summed E-state index contributed by atoms with van der Waals surface area (Å²) in [6.07, 6.45) is 4.73. The van der Waals surface area contributed by atoms with Crippen molar-refractivity contribution in [2.75, 3.05) is 0 Å². The minimum atomic E-state index is 0.701. The molecule has 0 spiro atoms. The molecular formula is C13H10N2O. The molecule has 0 aliphatic carbocycles. The molecule has 0 amide bonds. The van der Waals surface area contributed by atoms with Crippen molar-refractivity contribution in [1.29, 1.82) is 0 Å². The molecule has 0 atom stereocenters. The predicted molar refractivity (Wildman–Crippen MR) is 63.0 cm³/mol. The van der Waals surface area contributed by atoms with Crippen LogP contribution in [0.3, 0.4) is 0 Å². The number of hydrogen-bond donors (Lipinski definition) is 1. The van der Waals surface area contributed by atoms with Crippen LogP contribution in [-0.4, -0.2) is 15.8 Å². The molecule has 0 radical (unpaired) electrons. The molecule has 0 saturated carbocycles. The molecule has 3 aromatic rings. The lowest BCUT2D eigenvalue weighted by Gasteiger charge is -1.99. The summed E-state index contributed by atoms with van der Waals surface area (Å²) >= 11 is 0. The maximum absolute atomic E-state index is 11.2. The molecule has 2 heterocycles. The number of fused-ring (bicyclic) bond motifs is 1. The Labute approximate surface area is 92.3 Å². The number of hydrogen-bond acceptors (Lipinski definition) is 1. The van der Waals surface area contributed by atoms with Gasteiger partial charge in [-0.3, -0.25) is 4.79 Å². The van der Waals surface area contributed by atoms with Gasteiger partial charge in [-0.05, 0) is 18.2 Å². The van der Waals surface area contributed by atoms with E-state index in [1.165, 1.54) is 0 Å². The van der Waals surface area contributed by atoms with Crippen LogP contribution in [0.15, 0.2) is 48.8 Å². The van der Waals surface area contributed by atoms with E-state index in [9.17, 15) is 4.79 Å². The van der Waals surface area contributed by atoms with Crippen molar-refractivity contribution in [3.05, 3.63) is 54.4 Å². The van der Waals surface area contributed by atoms with E-state index < -0.39 is 0 Å². The molecule has 78 valence electrons. The van der Waals surface area contributed by atoms with Gasteiger partial charge in [-0.2, -0.15) is 0 Å². The number of nitrogens with one attached hydrogen (secondary N) is 1. The number of aromatic nitrogens is 2. The normalized spacial score (nSPS) is 10.8. The summed E-state index contributed by atoms with van der Waals surface area (Å²) in [7, 11) is 0. The molecule has 3 heteroatoms. The van der Waals surface area contributed by atoms with Gasteiger partial charge < -0.3 is 9.55 Å². The molecule has 0 aliphatic rings. The van der Waals surface area contributed by atoms with Gasteiger partial charge in [0.15, 0.2) is 6.29 Å². The fourth-order valence-corrected chi connectivity index (χ4v) is 1.96. The summed E-state index contributed by atoms with van der Waals surface area (Å²) in [4.78, 5) is 14.4. The molecule has 1 N–H and O–H groups in total. The number of benzene rings is 1. The Morgan fingerprint density at radius 1 is 1.06 bits per heavy atom. The second kappa shape index (κ2) is 3.38. The molecule has 0 bridgehead atoms. The van der Waals surface area contributed by atoms with Gasteiger partial charge in [0.1, 0.15) is 5.82 Å². The molecule has 0 fully saturated rings. The smallest absolute Gasteiger partial charge is 0.154 e. The minimum Gasteiger partial charge on any atom is -0.340 e. The monoisotopic (exact) mass is 210 g/mol. The van der Waals surface area contributed by atoms with E-state index in [1.807, 2.05) is 53.4 Å². The van der Waals surface area contributed by atoms with Crippen LogP contribution in [-0.2, 0) is 0 Å². The third kappa shape index (κ3) is 1.18. The molecule has 3 nitrogen and oxygen atoms in total. The van der Waals surface area contributed by atoms with Crippen molar-refractivity contribution in [2.45, 2.75) is 0 Å². The number of aromatic amines is 1. The standard InChI is InChI=1S/C13H10N2O/c16-9-11-10-5-1-2-6-12(10)14-13(11)15-7-3-4-8-15/h1-9,14H. The lowest BCUT2D eigenvalue weighted by atomic mass is 10.2. The van der Waals surface area contributed by atoms with Crippen molar-refractivity contribution >= 4 is 17.2 Å². The van der Waals surface area contributed by atoms with E-state index in [1.54, 1.807) is 0 Å². The fraction of sp³-hybridized carbons (Fsp3) is 0. The SMILES string of the molecule is O=Cc1c(-n2cccc2)[nH]c2ccccc12. The van der Waals surface area contributed by atoms with Crippen LogP contribution in [0.2, 0.25) is 0 Å². The molecule has 2 aromatic heterocycles. The predicted octanol–water partition coefficient (Wildman–Crippen LogP) is 2.77. The van der Waals surface area contributed by atoms with E-state index in [2.05, 4.69) is 4.98 Å². The Bertz CT molecular complexity index is 635. The Morgan fingerprint density at radius 3 is 2.56 bits per heavy atom. The Morgan fingerprint density at radius 2 is 1.81 bits per heavy atom. The zero-order valence-corrected chi connectivity index (χ0v) is 8.55. The van der Waals surface area contributed by atoms with E-state index >= 15 is 0 Å². The van der Waals surface area contributed by atoms with Gasteiger partial charge in [0.05, 0.1) is 5.56 Å². The number of aldehydes is 1. The Hall–Kier alpha value is -2.29. The summed E-state index contributed by atoms with van der Waals surface area (Å²) in [5.74, 6) is 0.821. The lowest BCUT2D eigenvalue weighted by molar-refractivity contribution is 0.112. The quantitative estimate of drug-likeness (QED) is 0.649. The second-order valence-electron chi connectivity index (χ2n) is 3.64. The van der Waals surface area contributed by atoms with Crippen LogP contribution >= 0.6 is 0 Å². The van der Waals surface area contributed by atoms with Crippen molar-refractivity contribution in [2.24, 2.45) is 0 Å². The summed E-state index contributed by atoms with van der Waals surface area (Å²) in [6.45, 7) is 0. The Kier molecular flexibility index (Phi) is 1.90. The number of H-pyrrole nitrogens is 1. The third-order valence-corrected chi connectivity index (χ3v) is 2.71. The zero-order chi connectivity index (χ0) is 11.0. The fourth-order valence-electron chi connectivity index (χ4n) is 1.96. The molecule has 0 saturated heterocycles. The van der Waals surface area contributed by atoms with Gasteiger partial charge in [-0.15, -0.1) is 0 Å². The van der Waals surface area contributed by atoms with Gasteiger partial charge in [-0.25, -0.2) is 0 Å². The molecule has 3 rings (SSSR count). The van der Waals surface area contributed by atoms with Gasteiger partial charge in [0, 0.05) is 23.3 Å². The maximum atomic E-state index is 11.2. The van der Waals surface area contributed by atoms with Crippen LogP contribution in [0.25, 0.3) is 16.7 Å². The van der Waals surface area contributed by atoms with Crippen LogP contribution in [0.5, 0.6) is 0 Å². The summed E-state index contributed by atoms with van der Waals surface area (Å²) in [5, 5.41) is 0.959. The molecule has 1 aromatic carbocycles. The van der Waals surface area contributed by atoms with Crippen LogP contribution in [0, 0.1) is 0 Å². The largest absolute Gasteiger partial charge is 0.340 e. The molecular weight excluding hydrogens is 200 g/mol. The van der Waals surface area contributed by atoms with Gasteiger partial charge in [-0.1, -0.05) is 18.2 Å². The molecule has 16 heavy (non-hydrogen) atoms. The Balaban J connectivity index is 2.37. The lowest BCUT2D eigenvalue weighted by Crippen LogP contribution is -1.93. The van der Waals surface area contributed by atoms with Crippen molar-refractivity contribution < 1.29 is 4.79 Å². The number of para-hydroxylation sites is 1. The topological polar surface area (TPSA) is 37.8 Å². The first-order chi connectivity index (χ1) is 7.90. The summed E-state index contributed by atoms with van der Waals surface area (Å²) in [5.41, 5.74) is 1.68. The van der Waals surface area contributed by atoms with Crippen LogP contribution < -0.4 is 0 Å². The molecule has 0 unspecified atom stereocenters. The van der Waals surface area contributed by atoms with E-state index in [0.717, 1.165) is 23.0 Å². The van der Waals surface area contributed by atoms with E-state index in [-0.39, 0.29) is 0 Å². The third-order valence-electron chi connectivity index (χ3n) is 2.71. The highest BCUT2D eigenvalue weighted by atomic mass is 16.1. The number of carbonyl (C=O) groups is 1. The van der Waals surface area contributed by atoms with Crippen molar-refractivity contribution in [3.8, 4) is 5.82 Å². The average Bonchev–Trinajstić information content (AvgIpc) is 2.95. The number of carbonyl (C=O) groups excluding carboxylic acids is 1. The van der Waals surface area contributed by atoms with Crippen molar-refractivity contribution in [1.82, 2.24) is 9.55 Å². The highest BCUT2D eigenvalue weighted by Crippen LogP contribution is 2.23. The first-order valence-corrected chi connectivity index (χ1v) is 5.09. The van der Waals surface area contributed by atoms with Gasteiger partial charge in [0.2, 0.25) is 0 Å². The van der Waals surface area contributed by atoms with E-state index in [4.69, 9.17) is 0 Å². The molecule has 0 aliphatic heterocycles. The first kappa shape index (κ1) is 8.97. The second-order valence-corrected chi connectivity index (χ2v) is 3.64. The summed E-state index contributed by atoms with van der Waals surface area (Å²) < 4.78 is 1.91. The number of rotatable bonds is 2. The van der Waals surface area contributed by atoms with Crippen LogP contribution in [0.1, 0.15) is 10.4 Å². The van der Waals surface area contributed by atoms with Gasteiger partial charge >= 0.3 is 0 Å². The van der Waals surface area contributed by atoms with Crippen molar-refractivity contribution in [3.63, 3.8) is 0 Å². The highest BCUT2D eigenvalue weighted by molar-refractivity contribution is 6.01. The minimum absolute atomic E-state index is 0.701. The van der Waals surface area contributed by atoms with Crippen LogP contribution in [0.4, 0.5) is 0 Å². The highest BCUT2D eigenvalue weighted by Gasteiger charge is 2.10. The maximum Gasteiger partial charge on any atom is 0.154 e.